The maximum Gasteiger partial charge on any atom is 0.323 e. The van der Waals surface area contributed by atoms with Crippen molar-refractivity contribution in [3.63, 3.8) is 0 Å². The van der Waals surface area contributed by atoms with Gasteiger partial charge in [0.15, 0.2) is 0 Å². The standard InChI is InChI=1S/C29H33FN4O4S/c30-20-8-9-23-21(15-20)27(29(38)31-11-10-19-5-2-1-3-6-19)22(28(32-23)24-7-4-14-39-24)16-33-12-13-34(18-26(36)37)25(35)17-33/h4,7-9,14-15,19H,1-3,5-6,10-13,16-18H2,(H,31,38)(H,36,37). The second-order valence-electron chi connectivity index (χ2n) is 10.4. The van der Waals surface area contributed by atoms with Gasteiger partial charge in [0.1, 0.15) is 12.4 Å². The van der Waals surface area contributed by atoms with Crippen LogP contribution in [-0.2, 0) is 16.1 Å². The summed E-state index contributed by atoms with van der Waals surface area (Å²) in [5.74, 6) is -1.44. The number of carboxylic acids is 1. The molecule has 0 bridgehead atoms. The topological polar surface area (TPSA) is 103 Å². The van der Waals surface area contributed by atoms with E-state index in [4.69, 9.17) is 10.1 Å². The summed E-state index contributed by atoms with van der Waals surface area (Å²) < 4.78 is 14.5. The Morgan fingerprint density at radius 1 is 1.15 bits per heavy atom. The molecule has 10 heteroatoms. The summed E-state index contributed by atoms with van der Waals surface area (Å²) in [6.45, 7) is 1.22. The number of thiophene rings is 1. The molecule has 8 nitrogen and oxygen atoms in total. The molecular weight excluding hydrogens is 519 g/mol. The van der Waals surface area contributed by atoms with Gasteiger partial charge in [0.05, 0.1) is 28.2 Å². The third-order valence-corrected chi connectivity index (χ3v) is 8.57. The summed E-state index contributed by atoms with van der Waals surface area (Å²) in [5, 5.41) is 14.6. The van der Waals surface area contributed by atoms with Gasteiger partial charge in [0.2, 0.25) is 5.91 Å². The van der Waals surface area contributed by atoms with E-state index in [2.05, 4.69) is 5.32 Å². The van der Waals surface area contributed by atoms with Crippen LogP contribution in [0.3, 0.4) is 0 Å². The van der Waals surface area contributed by atoms with Gasteiger partial charge in [-0.2, -0.15) is 0 Å². The Kier molecular flexibility index (Phi) is 8.52. The zero-order valence-electron chi connectivity index (χ0n) is 21.8. The Hall–Kier alpha value is -3.37. The van der Waals surface area contributed by atoms with E-state index in [0.29, 0.717) is 46.7 Å². The average Bonchev–Trinajstić information content (AvgIpc) is 3.45. The summed E-state index contributed by atoms with van der Waals surface area (Å²) in [4.78, 5) is 46.6. The number of halogens is 1. The fraction of sp³-hybridized carbons (Fsp3) is 0.448. The lowest BCUT2D eigenvalue weighted by molar-refractivity contribution is -0.147. The van der Waals surface area contributed by atoms with Gasteiger partial charge in [0, 0.05) is 37.1 Å². The minimum Gasteiger partial charge on any atom is -0.480 e. The summed E-state index contributed by atoms with van der Waals surface area (Å²) in [6.07, 6.45) is 7.04. The average molecular weight is 553 g/mol. The van der Waals surface area contributed by atoms with Crippen molar-refractivity contribution >= 4 is 40.0 Å². The number of rotatable bonds is 9. The number of aliphatic carboxylic acids is 1. The van der Waals surface area contributed by atoms with Crippen LogP contribution in [0.4, 0.5) is 4.39 Å². The number of fused-ring (bicyclic) bond motifs is 1. The van der Waals surface area contributed by atoms with E-state index in [-0.39, 0.29) is 38.0 Å². The number of nitrogens with zero attached hydrogens (tertiary/aromatic N) is 3. The Balaban J connectivity index is 1.49. The Morgan fingerprint density at radius 2 is 1.97 bits per heavy atom. The molecule has 1 saturated heterocycles. The molecule has 0 unspecified atom stereocenters. The number of aromatic nitrogens is 1. The minimum atomic E-state index is -1.05. The van der Waals surface area contributed by atoms with Gasteiger partial charge in [0.25, 0.3) is 5.91 Å². The van der Waals surface area contributed by atoms with Gasteiger partial charge in [-0.1, -0.05) is 38.2 Å². The normalized spacial score (nSPS) is 17.1. The molecule has 2 amide bonds. The molecular formula is C29H33FN4O4S. The number of benzene rings is 1. The second-order valence-corrected chi connectivity index (χ2v) is 11.4. The van der Waals surface area contributed by atoms with Gasteiger partial charge in [-0.15, -0.1) is 11.3 Å². The largest absolute Gasteiger partial charge is 0.480 e. The number of amides is 2. The molecule has 5 rings (SSSR count). The van der Waals surface area contributed by atoms with E-state index < -0.39 is 11.8 Å². The third kappa shape index (κ3) is 6.45. The summed E-state index contributed by atoms with van der Waals surface area (Å²) in [6, 6.07) is 8.15. The molecule has 2 aliphatic rings. The number of pyridine rings is 1. The van der Waals surface area contributed by atoms with Crippen LogP contribution in [0.25, 0.3) is 21.5 Å². The number of nitrogens with one attached hydrogen (secondary N) is 1. The lowest BCUT2D eigenvalue weighted by Gasteiger charge is -2.34. The number of hydrogen-bond donors (Lipinski definition) is 2. The van der Waals surface area contributed by atoms with Gasteiger partial charge in [-0.05, 0) is 42.0 Å². The van der Waals surface area contributed by atoms with Gasteiger partial charge >= 0.3 is 5.97 Å². The lowest BCUT2D eigenvalue weighted by atomic mass is 9.87. The van der Waals surface area contributed by atoms with Crippen molar-refractivity contribution < 1.29 is 23.9 Å². The quantitative estimate of drug-likeness (QED) is 0.404. The van der Waals surface area contributed by atoms with Crippen molar-refractivity contribution in [3.05, 3.63) is 52.7 Å². The highest BCUT2D eigenvalue weighted by molar-refractivity contribution is 7.13. The highest BCUT2D eigenvalue weighted by atomic mass is 32.1. The molecule has 206 valence electrons. The van der Waals surface area contributed by atoms with E-state index in [9.17, 15) is 18.8 Å². The van der Waals surface area contributed by atoms with Crippen molar-refractivity contribution in [1.82, 2.24) is 20.1 Å². The van der Waals surface area contributed by atoms with Crippen molar-refractivity contribution in [1.29, 1.82) is 0 Å². The van der Waals surface area contributed by atoms with Crippen LogP contribution in [0, 0.1) is 11.7 Å². The highest BCUT2D eigenvalue weighted by Crippen LogP contribution is 2.34. The fourth-order valence-corrected chi connectivity index (χ4v) is 6.45. The molecule has 2 N–H and O–H groups in total. The van der Waals surface area contributed by atoms with E-state index in [1.807, 2.05) is 22.4 Å². The van der Waals surface area contributed by atoms with Gasteiger partial charge in [-0.3, -0.25) is 19.3 Å². The smallest absolute Gasteiger partial charge is 0.323 e. The molecule has 39 heavy (non-hydrogen) atoms. The van der Waals surface area contributed by atoms with Crippen molar-refractivity contribution in [2.24, 2.45) is 5.92 Å². The molecule has 2 fully saturated rings. The summed E-state index contributed by atoms with van der Waals surface area (Å²) >= 11 is 1.50. The molecule has 3 aromatic rings. The van der Waals surface area contributed by atoms with Crippen molar-refractivity contribution in [2.75, 3.05) is 32.7 Å². The molecule has 0 spiro atoms. The number of piperazine rings is 1. The number of carbonyl (C=O) groups excluding carboxylic acids is 2. The molecule has 1 aromatic carbocycles. The summed E-state index contributed by atoms with van der Waals surface area (Å²) in [7, 11) is 0. The number of hydrogen-bond acceptors (Lipinski definition) is 6. The maximum atomic E-state index is 14.5. The van der Waals surface area contributed by atoms with E-state index in [0.717, 1.165) is 11.3 Å². The van der Waals surface area contributed by atoms with Crippen LogP contribution in [-0.4, -0.2) is 70.4 Å². The SMILES string of the molecule is O=C(O)CN1CCN(Cc2c(-c3cccs3)nc3ccc(F)cc3c2C(=O)NCCC2CCCCC2)CC1=O. The van der Waals surface area contributed by atoms with E-state index in [1.54, 1.807) is 6.07 Å². The van der Waals surface area contributed by atoms with Crippen molar-refractivity contribution in [2.45, 2.75) is 45.1 Å². The van der Waals surface area contributed by atoms with Crippen LogP contribution >= 0.6 is 11.3 Å². The predicted octanol–water partition coefficient (Wildman–Crippen LogP) is 4.53. The molecule has 1 saturated carbocycles. The van der Waals surface area contributed by atoms with E-state index in [1.165, 1.54) is 60.5 Å². The highest BCUT2D eigenvalue weighted by Gasteiger charge is 2.29. The fourth-order valence-electron chi connectivity index (χ4n) is 5.71. The number of carbonyl (C=O) groups is 3. The van der Waals surface area contributed by atoms with Crippen molar-refractivity contribution in [3.8, 4) is 10.6 Å². The first-order valence-electron chi connectivity index (χ1n) is 13.5. The molecule has 0 radical (unpaired) electrons. The lowest BCUT2D eigenvalue weighted by Crippen LogP contribution is -2.51. The first-order chi connectivity index (χ1) is 18.9. The molecule has 1 aliphatic carbocycles. The van der Waals surface area contributed by atoms with Crippen LogP contribution in [0.5, 0.6) is 0 Å². The first-order valence-corrected chi connectivity index (χ1v) is 14.4. The van der Waals surface area contributed by atoms with Gasteiger partial charge in [-0.25, -0.2) is 9.37 Å². The van der Waals surface area contributed by atoms with Crippen LogP contribution in [0.2, 0.25) is 0 Å². The molecule has 3 heterocycles. The van der Waals surface area contributed by atoms with Crippen LogP contribution < -0.4 is 5.32 Å². The van der Waals surface area contributed by atoms with Crippen LogP contribution in [0.15, 0.2) is 35.7 Å². The number of carboxylic acid groups (broad SMARTS) is 1. The second kappa shape index (κ2) is 12.2. The van der Waals surface area contributed by atoms with Gasteiger partial charge < -0.3 is 15.3 Å². The van der Waals surface area contributed by atoms with Crippen LogP contribution in [0.1, 0.15) is 54.4 Å². The Morgan fingerprint density at radius 3 is 2.69 bits per heavy atom. The molecule has 0 atom stereocenters. The predicted molar refractivity (Wildman–Crippen MR) is 148 cm³/mol. The Bertz CT molecular complexity index is 1360. The summed E-state index contributed by atoms with van der Waals surface area (Å²) in [5.41, 5.74) is 2.20. The zero-order chi connectivity index (χ0) is 27.4. The van der Waals surface area contributed by atoms with E-state index >= 15 is 0 Å². The minimum absolute atomic E-state index is 0.0289. The third-order valence-electron chi connectivity index (χ3n) is 7.70. The first kappa shape index (κ1) is 27.2. The molecule has 1 aliphatic heterocycles. The molecule has 2 aromatic heterocycles. The Labute approximate surface area is 230 Å². The monoisotopic (exact) mass is 552 g/mol. The maximum absolute atomic E-state index is 14.5. The zero-order valence-corrected chi connectivity index (χ0v) is 22.6.